The van der Waals surface area contributed by atoms with Crippen LogP contribution >= 0.6 is 34.5 Å². The normalized spacial score (nSPS) is 24.0. The highest BCUT2D eigenvalue weighted by Crippen LogP contribution is 2.36. The molecule has 0 spiro atoms. The largest absolute Gasteiger partial charge is 0.381 e. The molecule has 1 unspecified atom stereocenters. The monoisotopic (exact) mass is 466 g/mol. The Morgan fingerprint density at radius 3 is 2.63 bits per heavy atom. The van der Waals surface area contributed by atoms with Gasteiger partial charge >= 0.3 is 0 Å². The molecule has 1 aromatic carbocycles. The minimum Gasteiger partial charge on any atom is -0.381 e. The molecular formula is C24H32Cl2N2OS. The van der Waals surface area contributed by atoms with Crippen molar-refractivity contribution in [2.75, 3.05) is 45.9 Å². The van der Waals surface area contributed by atoms with Crippen molar-refractivity contribution >= 4 is 34.5 Å². The molecule has 0 aliphatic carbocycles. The smallest absolute Gasteiger partial charge is 0.0495 e. The third-order valence-electron chi connectivity index (χ3n) is 6.65. The van der Waals surface area contributed by atoms with Gasteiger partial charge in [0.15, 0.2) is 0 Å². The van der Waals surface area contributed by atoms with E-state index < -0.39 is 0 Å². The van der Waals surface area contributed by atoms with Crippen LogP contribution in [0.25, 0.3) is 0 Å². The van der Waals surface area contributed by atoms with Crippen molar-refractivity contribution in [2.24, 2.45) is 11.8 Å². The van der Waals surface area contributed by atoms with Crippen molar-refractivity contribution in [1.29, 1.82) is 0 Å². The second kappa shape index (κ2) is 10.8. The van der Waals surface area contributed by atoms with E-state index in [9.17, 15) is 0 Å². The molecule has 164 valence electrons. The molecule has 0 radical (unpaired) electrons. The quantitative estimate of drug-likeness (QED) is 0.472. The number of thiophene rings is 1. The van der Waals surface area contributed by atoms with E-state index in [1.165, 1.54) is 43.6 Å². The number of ether oxygens (including phenoxy) is 1. The third-order valence-corrected chi connectivity index (χ3v) is 7.94. The van der Waals surface area contributed by atoms with Gasteiger partial charge in [0.05, 0.1) is 0 Å². The third kappa shape index (κ3) is 5.79. The van der Waals surface area contributed by atoms with Gasteiger partial charge in [0.25, 0.3) is 0 Å². The summed E-state index contributed by atoms with van der Waals surface area (Å²) in [5, 5.41) is 6.02. The van der Waals surface area contributed by atoms with Gasteiger partial charge in [-0.3, -0.25) is 4.90 Å². The lowest BCUT2D eigenvalue weighted by Gasteiger charge is -2.34. The average molecular weight is 468 g/mol. The van der Waals surface area contributed by atoms with Gasteiger partial charge in [-0.15, -0.1) is 0 Å². The lowest BCUT2D eigenvalue weighted by Crippen LogP contribution is -2.39. The van der Waals surface area contributed by atoms with E-state index in [0.29, 0.717) is 16.9 Å². The Bertz CT molecular complexity index is 793. The Labute approximate surface area is 194 Å². The van der Waals surface area contributed by atoms with E-state index in [4.69, 9.17) is 27.9 Å². The molecule has 6 heteroatoms. The standard InChI is InChI=1S/C24H32Cl2N2OS/c1-2-29-16-18-5-8-27(9-6-18)13-21-14-28(15-23(21)20-7-10-30-17-20)12-19-3-4-22(25)11-24(19)26/h3-4,7,10-11,17-18,21,23H,2,5-6,8-9,12-16H2,1H3/t21?,23-/m1/s1. The van der Waals surface area contributed by atoms with Crippen LogP contribution in [0.5, 0.6) is 0 Å². The molecule has 0 saturated carbocycles. The van der Waals surface area contributed by atoms with Crippen LogP contribution in [-0.4, -0.2) is 55.7 Å². The van der Waals surface area contributed by atoms with Gasteiger partial charge in [-0.25, -0.2) is 0 Å². The fourth-order valence-electron chi connectivity index (χ4n) is 4.98. The van der Waals surface area contributed by atoms with E-state index in [1.54, 1.807) is 0 Å². The van der Waals surface area contributed by atoms with Gasteiger partial charge in [0.1, 0.15) is 0 Å². The zero-order valence-corrected chi connectivity index (χ0v) is 20.1. The molecule has 4 rings (SSSR count). The molecule has 2 saturated heterocycles. The predicted molar refractivity (Wildman–Crippen MR) is 128 cm³/mol. The molecule has 0 bridgehead atoms. The first-order valence-corrected chi connectivity index (χ1v) is 12.8. The number of likely N-dealkylation sites (tertiary alicyclic amines) is 2. The molecule has 2 aliphatic heterocycles. The molecule has 30 heavy (non-hydrogen) atoms. The summed E-state index contributed by atoms with van der Waals surface area (Å²) in [6.45, 7) is 10.6. The maximum Gasteiger partial charge on any atom is 0.0495 e. The Balaban J connectivity index is 1.38. The lowest BCUT2D eigenvalue weighted by atomic mass is 9.89. The van der Waals surface area contributed by atoms with Crippen LogP contribution in [0.1, 0.15) is 36.8 Å². The number of benzene rings is 1. The number of hydrogen-bond acceptors (Lipinski definition) is 4. The van der Waals surface area contributed by atoms with Crippen molar-refractivity contribution in [3.63, 3.8) is 0 Å². The minimum absolute atomic E-state index is 0.600. The summed E-state index contributed by atoms with van der Waals surface area (Å²) >= 11 is 14.4. The molecule has 0 N–H and O–H groups in total. The number of rotatable bonds is 8. The Hall–Kier alpha value is -0.620. The molecule has 1 aromatic heterocycles. The highest BCUT2D eigenvalue weighted by atomic mass is 35.5. The summed E-state index contributed by atoms with van der Waals surface area (Å²) in [7, 11) is 0. The van der Waals surface area contributed by atoms with Gasteiger partial charge in [0, 0.05) is 55.4 Å². The van der Waals surface area contributed by atoms with Gasteiger partial charge < -0.3 is 9.64 Å². The molecule has 2 aliphatic rings. The number of halogens is 2. The highest BCUT2D eigenvalue weighted by molar-refractivity contribution is 7.08. The van der Waals surface area contributed by atoms with Crippen molar-refractivity contribution in [1.82, 2.24) is 9.80 Å². The Kier molecular flexibility index (Phi) is 8.13. The van der Waals surface area contributed by atoms with Crippen molar-refractivity contribution in [3.8, 4) is 0 Å². The van der Waals surface area contributed by atoms with E-state index in [2.05, 4.69) is 39.6 Å². The zero-order valence-electron chi connectivity index (χ0n) is 17.7. The van der Waals surface area contributed by atoms with E-state index in [0.717, 1.165) is 43.8 Å². The molecular weight excluding hydrogens is 435 g/mol. The van der Waals surface area contributed by atoms with Gasteiger partial charge in [0.2, 0.25) is 0 Å². The fourth-order valence-corrected chi connectivity index (χ4v) is 6.17. The van der Waals surface area contributed by atoms with Crippen molar-refractivity contribution in [2.45, 2.75) is 32.2 Å². The molecule has 2 aromatic rings. The summed E-state index contributed by atoms with van der Waals surface area (Å²) < 4.78 is 5.65. The predicted octanol–water partition coefficient (Wildman–Crippen LogP) is 6.02. The SMILES string of the molecule is CCOCC1CCN(CC2CN(Cc3ccc(Cl)cc3Cl)C[C@@H]2c2ccsc2)CC1. The molecule has 2 fully saturated rings. The molecule has 2 atom stereocenters. The Morgan fingerprint density at radius 2 is 1.93 bits per heavy atom. The topological polar surface area (TPSA) is 15.7 Å². The first-order valence-electron chi connectivity index (χ1n) is 11.1. The van der Waals surface area contributed by atoms with Crippen LogP contribution in [0.4, 0.5) is 0 Å². The van der Waals surface area contributed by atoms with Crippen LogP contribution < -0.4 is 0 Å². The molecule has 3 heterocycles. The lowest BCUT2D eigenvalue weighted by molar-refractivity contribution is 0.0694. The van der Waals surface area contributed by atoms with E-state index >= 15 is 0 Å². The van der Waals surface area contributed by atoms with Gasteiger partial charge in [-0.2, -0.15) is 11.3 Å². The summed E-state index contributed by atoms with van der Waals surface area (Å²) in [5.41, 5.74) is 2.67. The second-order valence-electron chi connectivity index (χ2n) is 8.76. The number of nitrogens with zero attached hydrogens (tertiary/aromatic N) is 2. The fraction of sp³-hybridized carbons (Fsp3) is 0.583. The highest BCUT2D eigenvalue weighted by Gasteiger charge is 2.35. The number of piperidine rings is 1. The summed E-state index contributed by atoms with van der Waals surface area (Å²) in [5.74, 6) is 2.00. The molecule has 3 nitrogen and oxygen atoms in total. The second-order valence-corrected chi connectivity index (χ2v) is 10.4. The Morgan fingerprint density at radius 1 is 1.10 bits per heavy atom. The van der Waals surface area contributed by atoms with E-state index in [1.807, 2.05) is 23.5 Å². The summed E-state index contributed by atoms with van der Waals surface area (Å²) in [6, 6.07) is 8.18. The maximum atomic E-state index is 6.46. The van der Waals surface area contributed by atoms with Crippen molar-refractivity contribution < 1.29 is 4.74 Å². The van der Waals surface area contributed by atoms with E-state index in [-0.39, 0.29) is 0 Å². The van der Waals surface area contributed by atoms with Gasteiger partial charge in [-0.1, -0.05) is 29.3 Å². The van der Waals surface area contributed by atoms with Crippen LogP contribution in [0.2, 0.25) is 10.0 Å². The van der Waals surface area contributed by atoms with Gasteiger partial charge in [-0.05, 0) is 84.8 Å². The number of hydrogen-bond donors (Lipinski definition) is 0. The molecule has 0 amide bonds. The average Bonchev–Trinajstić information content (AvgIpc) is 3.39. The van der Waals surface area contributed by atoms with Crippen LogP contribution in [0.15, 0.2) is 35.0 Å². The summed E-state index contributed by atoms with van der Waals surface area (Å²) in [6.07, 6.45) is 2.53. The van der Waals surface area contributed by atoms with Crippen LogP contribution in [-0.2, 0) is 11.3 Å². The first kappa shape index (κ1) is 22.6. The minimum atomic E-state index is 0.600. The van der Waals surface area contributed by atoms with Crippen LogP contribution in [0.3, 0.4) is 0 Å². The van der Waals surface area contributed by atoms with Crippen LogP contribution in [0, 0.1) is 11.8 Å². The summed E-state index contributed by atoms with van der Waals surface area (Å²) in [4.78, 5) is 5.26. The van der Waals surface area contributed by atoms with Crippen molar-refractivity contribution in [3.05, 3.63) is 56.2 Å². The zero-order chi connectivity index (χ0) is 20.9. The maximum absolute atomic E-state index is 6.46. The first-order chi connectivity index (χ1) is 14.6.